The molecule has 0 aliphatic rings. The van der Waals surface area contributed by atoms with Crippen LogP contribution in [0.2, 0.25) is 0 Å². The summed E-state index contributed by atoms with van der Waals surface area (Å²) < 4.78 is 14.1. The minimum Gasteiger partial charge on any atom is -0.481 e. The van der Waals surface area contributed by atoms with Crippen LogP contribution in [-0.2, 0) is 4.79 Å². The van der Waals surface area contributed by atoms with E-state index in [4.69, 9.17) is 5.11 Å². The highest BCUT2D eigenvalue weighted by Gasteiger charge is 2.18. The van der Waals surface area contributed by atoms with Gasteiger partial charge in [-0.1, -0.05) is 29.3 Å². The summed E-state index contributed by atoms with van der Waals surface area (Å²) in [4.78, 5) is 22.6. The Morgan fingerprint density at radius 1 is 1.47 bits per heavy atom. The second-order valence-electron chi connectivity index (χ2n) is 4.18. The summed E-state index contributed by atoms with van der Waals surface area (Å²) in [6.45, 7) is 1.89. The van der Waals surface area contributed by atoms with Gasteiger partial charge in [0.1, 0.15) is 5.82 Å². The zero-order valence-corrected chi connectivity index (χ0v) is 12.0. The van der Waals surface area contributed by atoms with Crippen molar-refractivity contribution in [1.82, 2.24) is 5.32 Å². The van der Waals surface area contributed by atoms with Gasteiger partial charge in [0.15, 0.2) is 0 Å². The SMILES string of the molecule is CCCC(CC(=O)O)NC(=O)c1ccc(Br)cc1F. The van der Waals surface area contributed by atoms with Crippen molar-refractivity contribution < 1.29 is 19.1 Å². The van der Waals surface area contributed by atoms with E-state index in [9.17, 15) is 14.0 Å². The summed E-state index contributed by atoms with van der Waals surface area (Å²) in [5.41, 5.74) is -0.0882. The van der Waals surface area contributed by atoms with Crippen molar-refractivity contribution in [2.24, 2.45) is 0 Å². The molecule has 0 spiro atoms. The van der Waals surface area contributed by atoms with Crippen LogP contribution in [0.4, 0.5) is 4.39 Å². The van der Waals surface area contributed by atoms with Gasteiger partial charge in [0.2, 0.25) is 0 Å². The second kappa shape index (κ2) is 7.23. The van der Waals surface area contributed by atoms with Crippen molar-refractivity contribution >= 4 is 27.8 Å². The third-order valence-electron chi connectivity index (χ3n) is 2.57. The first kappa shape index (κ1) is 15.6. The third kappa shape index (κ3) is 4.98. The Balaban J connectivity index is 2.78. The van der Waals surface area contributed by atoms with Gasteiger partial charge >= 0.3 is 5.97 Å². The molecule has 1 atom stereocenters. The van der Waals surface area contributed by atoms with E-state index in [1.54, 1.807) is 6.07 Å². The number of carbonyl (C=O) groups is 2. The maximum Gasteiger partial charge on any atom is 0.305 e. The average molecular weight is 332 g/mol. The van der Waals surface area contributed by atoms with Crippen LogP contribution in [0.5, 0.6) is 0 Å². The van der Waals surface area contributed by atoms with Gasteiger partial charge in [0.05, 0.1) is 12.0 Å². The Hall–Kier alpha value is -1.43. The maximum atomic E-state index is 13.6. The molecule has 0 bridgehead atoms. The van der Waals surface area contributed by atoms with E-state index >= 15 is 0 Å². The normalized spacial score (nSPS) is 11.9. The highest BCUT2D eigenvalue weighted by molar-refractivity contribution is 9.10. The summed E-state index contributed by atoms with van der Waals surface area (Å²) in [6, 6.07) is 3.63. The standard InChI is InChI=1S/C13H15BrFNO3/c1-2-3-9(7-12(17)18)16-13(19)10-5-4-8(14)6-11(10)15/h4-6,9H,2-3,7H2,1H3,(H,16,19)(H,17,18). The van der Waals surface area contributed by atoms with E-state index in [1.165, 1.54) is 12.1 Å². The molecule has 0 heterocycles. The van der Waals surface area contributed by atoms with Crippen LogP contribution in [0.25, 0.3) is 0 Å². The summed E-state index contributed by atoms with van der Waals surface area (Å²) in [5, 5.41) is 11.3. The van der Waals surface area contributed by atoms with Crippen molar-refractivity contribution in [1.29, 1.82) is 0 Å². The van der Waals surface area contributed by atoms with Crippen LogP contribution in [0, 0.1) is 5.82 Å². The number of carboxylic acid groups (broad SMARTS) is 1. The van der Waals surface area contributed by atoms with Crippen LogP contribution in [0.1, 0.15) is 36.5 Å². The Kier molecular flexibility index (Phi) is 5.95. The number of rotatable bonds is 6. The predicted molar refractivity (Wildman–Crippen MR) is 72.5 cm³/mol. The Bertz CT molecular complexity index is 479. The van der Waals surface area contributed by atoms with Gasteiger partial charge < -0.3 is 10.4 Å². The molecule has 104 valence electrons. The fourth-order valence-electron chi connectivity index (χ4n) is 1.72. The van der Waals surface area contributed by atoms with Gasteiger partial charge in [-0.15, -0.1) is 0 Å². The maximum absolute atomic E-state index is 13.6. The molecule has 2 N–H and O–H groups in total. The van der Waals surface area contributed by atoms with Gasteiger partial charge in [-0.3, -0.25) is 9.59 Å². The molecule has 19 heavy (non-hydrogen) atoms. The number of nitrogens with one attached hydrogen (secondary N) is 1. The van der Waals surface area contributed by atoms with Gasteiger partial charge in [0, 0.05) is 10.5 Å². The lowest BCUT2D eigenvalue weighted by molar-refractivity contribution is -0.137. The van der Waals surface area contributed by atoms with Crippen LogP contribution in [0.15, 0.2) is 22.7 Å². The number of halogens is 2. The molecule has 0 fully saturated rings. The second-order valence-corrected chi connectivity index (χ2v) is 5.10. The smallest absolute Gasteiger partial charge is 0.305 e. The molecule has 4 nitrogen and oxygen atoms in total. The number of carboxylic acids is 1. The number of hydrogen-bond donors (Lipinski definition) is 2. The number of hydrogen-bond acceptors (Lipinski definition) is 2. The average Bonchev–Trinajstić information content (AvgIpc) is 2.27. The fraction of sp³-hybridized carbons (Fsp3) is 0.385. The summed E-state index contributed by atoms with van der Waals surface area (Å²) in [7, 11) is 0. The van der Waals surface area contributed by atoms with E-state index < -0.39 is 23.7 Å². The molecule has 1 aromatic rings. The molecule has 0 aliphatic carbocycles. The van der Waals surface area contributed by atoms with Crippen molar-refractivity contribution in [3.63, 3.8) is 0 Å². The molecule has 0 radical (unpaired) electrons. The molecule has 6 heteroatoms. The molecule has 0 saturated heterocycles. The van der Waals surface area contributed by atoms with E-state index in [0.717, 1.165) is 6.42 Å². The Morgan fingerprint density at radius 2 is 2.16 bits per heavy atom. The number of aliphatic carboxylic acids is 1. The Morgan fingerprint density at radius 3 is 2.68 bits per heavy atom. The molecule has 0 aliphatic heterocycles. The highest BCUT2D eigenvalue weighted by atomic mass is 79.9. The van der Waals surface area contributed by atoms with E-state index in [0.29, 0.717) is 10.9 Å². The van der Waals surface area contributed by atoms with E-state index in [2.05, 4.69) is 21.2 Å². The van der Waals surface area contributed by atoms with Crippen LogP contribution in [-0.4, -0.2) is 23.0 Å². The highest BCUT2D eigenvalue weighted by Crippen LogP contribution is 2.15. The van der Waals surface area contributed by atoms with Crippen molar-refractivity contribution in [2.75, 3.05) is 0 Å². The number of amides is 1. The molecule has 1 unspecified atom stereocenters. The first-order valence-electron chi connectivity index (χ1n) is 5.91. The minimum atomic E-state index is -0.991. The molecule has 1 aromatic carbocycles. The first-order chi connectivity index (χ1) is 8.93. The first-order valence-corrected chi connectivity index (χ1v) is 6.71. The lowest BCUT2D eigenvalue weighted by Gasteiger charge is -2.16. The summed E-state index contributed by atoms with van der Waals surface area (Å²) in [6.07, 6.45) is 1.11. The van der Waals surface area contributed by atoms with Gasteiger partial charge in [-0.25, -0.2) is 4.39 Å². The van der Waals surface area contributed by atoms with E-state index in [-0.39, 0.29) is 12.0 Å². The molecule has 1 rings (SSSR count). The summed E-state index contributed by atoms with van der Waals surface area (Å²) >= 11 is 3.10. The van der Waals surface area contributed by atoms with Crippen molar-refractivity contribution in [2.45, 2.75) is 32.2 Å². The molecular formula is C13H15BrFNO3. The lowest BCUT2D eigenvalue weighted by atomic mass is 10.1. The van der Waals surface area contributed by atoms with Crippen molar-refractivity contribution in [3.8, 4) is 0 Å². The van der Waals surface area contributed by atoms with Gasteiger partial charge in [0.25, 0.3) is 5.91 Å². The van der Waals surface area contributed by atoms with Crippen LogP contribution < -0.4 is 5.32 Å². The van der Waals surface area contributed by atoms with E-state index in [1.807, 2.05) is 6.92 Å². The quantitative estimate of drug-likeness (QED) is 0.842. The molecule has 0 saturated carbocycles. The largest absolute Gasteiger partial charge is 0.481 e. The Labute approximate surface area is 119 Å². The molecule has 1 amide bonds. The fourth-order valence-corrected chi connectivity index (χ4v) is 2.05. The van der Waals surface area contributed by atoms with Gasteiger partial charge in [-0.2, -0.15) is 0 Å². The topological polar surface area (TPSA) is 66.4 Å². The minimum absolute atomic E-state index is 0.0882. The van der Waals surface area contributed by atoms with Crippen LogP contribution >= 0.6 is 15.9 Å². The zero-order valence-electron chi connectivity index (χ0n) is 10.5. The van der Waals surface area contributed by atoms with Crippen molar-refractivity contribution in [3.05, 3.63) is 34.1 Å². The number of carbonyl (C=O) groups excluding carboxylic acids is 1. The third-order valence-corrected chi connectivity index (χ3v) is 3.06. The lowest BCUT2D eigenvalue weighted by Crippen LogP contribution is -2.36. The molecular weight excluding hydrogens is 317 g/mol. The molecule has 0 aromatic heterocycles. The van der Waals surface area contributed by atoms with Gasteiger partial charge in [-0.05, 0) is 24.6 Å². The number of benzene rings is 1. The zero-order chi connectivity index (χ0) is 14.4. The summed E-state index contributed by atoms with van der Waals surface area (Å²) in [5.74, 6) is -2.22. The monoisotopic (exact) mass is 331 g/mol. The van der Waals surface area contributed by atoms with Crippen LogP contribution in [0.3, 0.4) is 0 Å². The predicted octanol–water partition coefficient (Wildman–Crippen LogP) is 2.96.